The highest BCUT2D eigenvalue weighted by atomic mass is 32.2. The Morgan fingerprint density at radius 2 is 2.16 bits per heavy atom. The lowest BCUT2D eigenvalue weighted by Crippen LogP contribution is -2.32. The van der Waals surface area contributed by atoms with Gasteiger partial charge in [0.25, 0.3) is 0 Å². The molecule has 0 saturated heterocycles. The molecule has 1 aromatic rings. The average Bonchev–Trinajstić information content (AvgIpc) is 2.71. The van der Waals surface area contributed by atoms with Gasteiger partial charge in [-0.05, 0) is 19.7 Å². The third-order valence-corrected chi connectivity index (χ3v) is 4.26. The topological polar surface area (TPSA) is 91.6 Å². The largest absolute Gasteiger partial charge is 0.477 e. The number of sulfonamides is 1. The van der Waals surface area contributed by atoms with E-state index in [1.165, 1.54) is 17.8 Å². The van der Waals surface area contributed by atoms with Crippen molar-refractivity contribution in [2.24, 2.45) is 7.05 Å². The summed E-state index contributed by atoms with van der Waals surface area (Å²) in [6.07, 6.45) is 1.29. The fourth-order valence-corrected chi connectivity index (χ4v) is 2.60. The van der Waals surface area contributed by atoms with E-state index in [-0.39, 0.29) is 17.1 Å². The molecular weight excluding hydrogens is 270 g/mol. The Labute approximate surface area is 112 Å². The predicted octanol–water partition coefficient (Wildman–Crippen LogP) is -0.0467. The zero-order valence-electron chi connectivity index (χ0n) is 11.3. The highest BCUT2D eigenvalue weighted by Gasteiger charge is 2.19. The summed E-state index contributed by atoms with van der Waals surface area (Å²) >= 11 is 0. The van der Waals surface area contributed by atoms with Crippen LogP contribution in [0.5, 0.6) is 0 Å². The number of likely N-dealkylation sites (N-methyl/N-ethyl adjacent to an activating group) is 1. The molecule has 0 spiro atoms. The number of aryl methyl sites for hydroxylation is 1. The second kappa shape index (κ2) is 6.18. The SMILES string of the molecule is CCN(C)CCNS(=O)(=O)c1cc(C(=O)O)n(C)c1. The lowest BCUT2D eigenvalue weighted by Gasteiger charge is -2.13. The van der Waals surface area contributed by atoms with Crippen LogP contribution in [0.1, 0.15) is 17.4 Å². The molecule has 0 saturated carbocycles. The van der Waals surface area contributed by atoms with Gasteiger partial charge in [0.05, 0.1) is 0 Å². The molecule has 0 bridgehead atoms. The second-order valence-corrected chi connectivity index (χ2v) is 6.04. The minimum Gasteiger partial charge on any atom is -0.477 e. The van der Waals surface area contributed by atoms with Gasteiger partial charge in [-0.3, -0.25) is 0 Å². The maximum Gasteiger partial charge on any atom is 0.352 e. The van der Waals surface area contributed by atoms with Gasteiger partial charge in [0.1, 0.15) is 10.6 Å². The van der Waals surface area contributed by atoms with Crippen molar-refractivity contribution in [1.29, 1.82) is 0 Å². The zero-order chi connectivity index (χ0) is 14.6. The van der Waals surface area contributed by atoms with Gasteiger partial charge in [0, 0.05) is 26.3 Å². The molecule has 108 valence electrons. The number of rotatable bonds is 7. The number of carboxylic acid groups (broad SMARTS) is 1. The molecule has 0 amide bonds. The minimum atomic E-state index is -3.66. The molecule has 1 rings (SSSR count). The fourth-order valence-electron chi connectivity index (χ4n) is 1.51. The van der Waals surface area contributed by atoms with Crippen molar-refractivity contribution >= 4 is 16.0 Å². The van der Waals surface area contributed by atoms with Gasteiger partial charge >= 0.3 is 5.97 Å². The Balaban J connectivity index is 2.78. The van der Waals surface area contributed by atoms with E-state index in [2.05, 4.69) is 4.72 Å². The number of carboxylic acids is 1. The van der Waals surface area contributed by atoms with Gasteiger partial charge in [0.15, 0.2) is 0 Å². The third kappa shape index (κ3) is 4.05. The summed E-state index contributed by atoms with van der Waals surface area (Å²) in [5.74, 6) is -1.16. The van der Waals surface area contributed by atoms with Crippen LogP contribution in [0.25, 0.3) is 0 Å². The molecule has 0 fully saturated rings. The Kier molecular flexibility index (Phi) is 5.10. The maximum atomic E-state index is 12.0. The smallest absolute Gasteiger partial charge is 0.352 e. The van der Waals surface area contributed by atoms with E-state index < -0.39 is 16.0 Å². The molecule has 0 aliphatic carbocycles. The first-order chi connectivity index (χ1) is 8.77. The van der Waals surface area contributed by atoms with Crippen LogP contribution >= 0.6 is 0 Å². The normalized spacial score (nSPS) is 12.0. The van der Waals surface area contributed by atoms with Crippen molar-refractivity contribution in [2.75, 3.05) is 26.7 Å². The first kappa shape index (κ1) is 15.7. The van der Waals surface area contributed by atoms with Crippen molar-refractivity contribution in [1.82, 2.24) is 14.2 Å². The summed E-state index contributed by atoms with van der Waals surface area (Å²) in [7, 11) is -0.279. The summed E-state index contributed by atoms with van der Waals surface area (Å²) in [4.78, 5) is 12.8. The van der Waals surface area contributed by atoms with E-state index in [0.29, 0.717) is 6.54 Å². The van der Waals surface area contributed by atoms with E-state index in [1.54, 1.807) is 0 Å². The number of nitrogens with zero attached hydrogens (tertiary/aromatic N) is 2. The Morgan fingerprint density at radius 1 is 1.53 bits per heavy atom. The molecule has 0 aliphatic rings. The van der Waals surface area contributed by atoms with Crippen LogP contribution in [0.4, 0.5) is 0 Å². The maximum absolute atomic E-state index is 12.0. The highest BCUT2D eigenvalue weighted by Crippen LogP contribution is 2.13. The molecule has 2 N–H and O–H groups in total. The summed E-state index contributed by atoms with van der Waals surface area (Å²) in [5, 5.41) is 8.88. The zero-order valence-corrected chi connectivity index (χ0v) is 12.1. The van der Waals surface area contributed by atoms with Crippen molar-refractivity contribution in [3.63, 3.8) is 0 Å². The van der Waals surface area contributed by atoms with Gasteiger partial charge in [-0.25, -0.2) is 17.9 Å². The van der Waals surface area contributed by atoms with E-state index >= 15 is 0 Å². The van der Waals surface area contributed by atoms with Gasteiger partial charge < -0.3 is 14.6 Å². The summed E-state index contributed by atoms with van der Waals surface area (Å²) in [6, 6.07) is 1.15. The first-order valence-corrected chi connectivity index (χ1v) is 7.34. The van der Waals surface area contributed by atoms with Gasteiger partial charge in [0.2, 0.25) is 10.0 Å². The van der Waals surface area contributed by atoms with Crippen LogP contribution in [0.3, 0.4) is 0 Å². The summed E-state index contributed by atoms with van der Waals surface area (Å²) < 4.78 is 27.6. The standard InChI is InChI=1S/C11H19N3O4S/c1-4-13(2)6-5-12-19(17,18)9-7-10(11(15)16)14(3)8-9/h7-8,12H,4-6H2,1-3H3,(H,15,16). The molecule has 0 aromatic carbocycles. The van der Waals surface area contributed by atoms with Crippen LogP contribution in [0.15, 0.2) is 17.2 Å². The molecular formula is C11H19N3O4S. The van der Waals surface area contributed by atoms with E-state index in [1.807, 2.05) is 18.9 Å². The Hall–Kier alpha value is -1.38. The first-order valence-electron chi connectivity index (χ1n) is 5.85. The van der Waals surface area contributed by atoms with Crippen LogP contribution in [-0.4, -0.2) is 55.6 Å². The molecule has 19 heavy (non-hydrogen) atoms. The van der Waals surface area contributed by atoms with Crippen LogP contribution in [-0.2, 0) is 17.1 Å². The van der Waals surface area contributed by atoms with E-state index in [4.69, 9.17) is 5.11 Å². The molecule has 0 unspecified atom stereocenters. The lowest BCUT2D eigenvalue weighted by molar-refractivity contribution is 0.0686. The van der Waals surface area contributed by atoms with Gasteiger partial charge in [-0.2, -0.15) is 0 Å². The number of aromatic nitrogens is 1. The molecule has 0 atom stereocenters. The molecule has 8 heteroatoms. The number of nitrogens with one attached hydrogen (secondary N) is 1. The van der Waals surface area contributed by atoms with Crippen molar-refractivity contribution in [3.8, 4) is 0 Å². The van der Waals surface area contributed by atoms with Crippen molar-refractivity contribution in [2.45, 2.75) is 11.8 Å². The number of hydrogen-bond donors (Lipinski definition) is 2. The van der Waals surface area contributed by atoms with E-state index in [0.717, 1.165) is 12.6 Å². The third-order valence-electron chi connectivity index (χ3n) is 2.83. The number of aromatic carboxylic acids is 1. The molecule has 1 aromatic heterocycles. The molecule has 7 nitrogen and oxygen atoms in total. The fraction of sp³-hybridized carbons (Fsp3) is 0.545. The second-order valence-electron chi connectivity index (χ2n) is 4.27. The van der Waals surface area contributed by atoms with Crippen LogP contribution < -0.4 is 4.72 Å². The van der Waals surface area contributed by atoms with Gasteiger partial charge in [-0.1, -0.05) is 6.92 Å². The van der Waals surface area contributed by atoms with Crippen LogP contribution in [0.2, 0.25) is 0 Å². The average molecular weight is 289 g/mol. The lowest BCUT2D eigenvalue weighted by atomic mass is 10.4. The Morgan fingerprint density at radius 3 is 2.63 bits per heavy atom. The van der Waals surface area contributed by atoms with Crippen molar-refractivity contribution < 1.29 is 18.3 Å². The minimum absolute atomic E-state index is 0.0356. The van der Waals surface area contributed by atoms with Gasteiger partial charge in [-0.15, -0.1) is 0 Å². The molecule has 0 aliphatic heterocycles. The summed E-state index contributed by atoms with van der Waals surface area (Å²) in [5.41, 5.74) is -0.0638. The molecule has 0 radical (unpaired) electrons. The predicted molar refractivity (Wildman–Crippen MR) is 70.7 cm³/mol. The molecule has 1 heterocycles. The number of carbonyl (C=O) groups is 1. The monoisotopic (exact) mass is 289 g/mol. The van der Waals surface area contributed by atoms with Crippen molar-refractivity contribution in [3.05, 3.63) is 18.0 Å². The Bertz CT molecular complexity index is 550. The quantitative estimate of drug-likeness (QED) is 0.734. The van der Waals surface area contributed by atoms with Crippen LogP contribution in [0, 0.1) is 0 Å². The highest BCUT2D eigenvalue weighted by molar-refractivity contribution is 7.89. The summed E-state index contributed by atoms with van der Waals surface area (Å²) in [6.45, 7) is 3.68. The number of hydrogen-bond acceptors (Lipinski definition) is 4. The van der Waals surface area contributed by atoms with E-state index in [9.17, 15) is 13.2 Å².